The van der Waals surface area contributed by atoms with Gasteiger partial charge in [-0.3, -0.25) is 4.90 Å². The van der Waals surface area contributed by atoms with E-state index in [-0.39, 0.29) is 18.3 Å². The summed E-state index contributed by atoms with van der Waals surface area (Å²) >= 11 is 0. The van der Waals surface area contributed by atoms with E-state index in [1.54, 1.807) is 19.2 Å². The van der Waals surface area contributed by atoms with Gasteiger partial charge in [-0.1, -0.05) is 23.8 Å². The summed E-state index contributed by atoms with van der Waals surface area (Å²) in [7, 11) is -1.79. The van der Waals surface area contributed by atoms with Crippen molar-refractivity contribution >= 4 is 22.2 Å². The summed E-state index contributed by atoms with van der Waals surface area (Å²) in [5, 5.41) is 2.91. The fourth-order valence-electron chi connectivity index (χ4n) is 4.63. The summed E-state index contributed by atoms with van der Waals surface area (Å²) in [5.41, 5.74) is 3.53. The second-order valence-electron chi connectivity index (χ2n) is 8.21. The molecule has 2 aromatic rings. The smallest absolute Gasteiger partial charge is 0.194 e. The minimum absolute atomic E-state index is 0. The SMILES string of the molecule is COc1ccc2c(c1)CCN(C(C1CCCNC1)S(=O)(=O)c1ccc(C)cc1)C2.Cl. The van der Waals surface area contributed by atoms with E-state index in [1.165, 1.54) is 11.1 Å². The highest BCUT2D eigenvalue weighted by atomic mass is 35.5. The van der Waals surface area contributed by atoms with Crippen LogP contribution in [0.1, 0.15) is 29.5 Å². The second-order valence-corrected chi connectivity index (χ2v) is 10.3. The van der Waals surface area contributed by atoms with Gasteiger partial charge in [0, 0.05) is 25.6 Å². The van der Waals surface area contributed by atoms with Gasteiger partial charge in [-0.05, 0) is 68.1 Å². The van der Waals surface area contributed by atoms with Crippen molar-refractivity contribution in [3.05, 3.63) is 59.2 Å². The number of hydrogen-bond donors (Lipinski definition) is 1. The molecule has 0 radical (unpaired) electrons. The number of sulfone groups is 1. The number of methoxy groups -OCH3 is 1. The molecule has 2 aliphatic heterocycles. The number of ether oxygens (including phenoxy) is 1. The van der Waals surface area contributed by atoms with Crippen molar-refractivity contribution in [2.24, 2.45) is 5.92 Å². The van der Waals surface area contributed by atoms with Gasteiger partial charge in [-0.25, -0.2) is 8.42 Å². The van der Waals surface area contributed by atoms with Crippen LogP contribution < -0.4 is 10.1 Å². The summed E-state index contributed by atoms with van der Waals surface area (Å²) in [6.45, 7) is 5.10. The first-order chi connectivity index (χ1) is 14.0. The number of nitrogens with one attached hydrogen (secondary N) is 1. The standard InChI is InChI=1S/C23H30N2O3S.ClH/c1-17-5-9-22(10-6-17)29(26,27)23(19-4-3-12-24-15-19)25-13-11-18-14-21(28-2)8-7-20(18)16-25;/h5-10,14,19,23-24H,3-4,11-13,15-16H2,1-2H3;1H. The predicted molar refractivity (Wildman–Crippen MR) is 122 cm³/mol. The molecule has 2 heterocycles. The maximum atomic E-state index is 13.8. The first kappa shape index (κ1) is 23.1. The number of benzene rings is 2. The van der Waals surface area contributed by atoms with Crippen LogP contribution in [0.3, 0.4) is 0 Å². The Kier molecular flexibility index (Phi) is 7.45. The van der Waals surface area contributed by atoms with E-state index in [9.17, 15) is 8.42 Å². The summed E-state index contributed by atoms with van der Waals surface area (Å²) in [6.07, 6.45) is 2.80. The molecular weight excluding hydrogens is 420 g/mol. The van der Waals surface area contributed by atoms with E-state index in [2.05, 4.69) is 22.3 Å². The molecule has 0 bridgehead atoms. The summed E-state index contributed by atoms with van der Waals surface area (Å²) in [5.74, 6) is 0.951. The molecule has 2 unspecified atom stereocenters. The van der Waals surface area contributed by atoms with E-state index in [4.69, 9.17) is 4.74 Å². The van der Waals surface area contributed by atoms with Crippen molar-refractivity contribution < 1.29 is 13.2 Å². The average molecular weight is 451 g/mol. The molecular formula is C23H31ClN2O3S. The van der Waals surface area contributed by atoms with Crippen molar-refractivity contribution in [1.29, 1.82) is 0 Å². The normalized spacial score (nSPS) is 20.7. The zero-order valence-corrected chi connectivity index (χ0v) is 19.3. The van der Waals surface area contributed by atoms with Crippen molar-refractivity contribution in [2.45, 2.75) is 43.0 Å². The quantitative estimate of drug-likeness (QED) is 0.754. The first-order valence-corrected chi connectivity index (χ1v) is 11.9. The van der Waals surface area contributed by atoms with Gasteiger partial charge in [0.05, 0.1) is 12.0 Å². The molecule has 2 atom stereocenters. The number of fused-ring (bicyclic) bond motifs is 1. The van der Waals surface area contributed by atoms with Crippen molar-refractivity contribution in [3.63, 3.8) is 0 Å². The molecule has 0 amide bonds. The maximum absolute atomic E-state index is 13.8. The van der Waals surface area contributed by atoms with Crippen LogP contribution >= 0.6 is 12.4 Å². The number of rotatable bonds is 5. The van der Waals surface area contributed by atoms with Gasteiger partial charge in [-0.2, -0.15) is 0 Å². The highest BCUT2D eigenvalue weighted by Gasteiger charge is 2.40. The number of aryl methyl sites for hydroxylation is 1. The van der Waals surface area contributed by atoms with Crippen molar-refractivity contribution in [1.82, 2.24) is 10.2 Å². The largest absolute Gasteiger partial charge is 0.497 e. The summed E-state index contributed by atoms with van der Waals surface area (Å²) in [6, 6.07) is 13.4. The van der Waals surface area contributed by atoms with Gasteiger partial charge >= 0.3 is 0 Å². The van der Waals surface area contributed by atoms with Gasteiger partial charge < -0.3 is 10.1 Å². The number of piperidine rings is 1. The van der Waals surface area contributed by atoms with Gasteiger partial charge in [0.25, 0.3) is 0 Å². The topological polar surface area (TPSA) is 58.6 Å². The lowest BCUT2D eigenvalue weighted by atomic mass is 9.95. The van der Waals surface area contributed by atoms with Crippen LogP contribution in [-0.2, 0) is 22.8 Å². The minimum atomic E-state index is -3.47. The summed E-state index contributed by atoms with van der Waals surface area (Å²) < 4.78 is 32.9. The molecule has 0 aromatic heterocycles. The molecule has 4 rings (SSSR count). The molecule has 0 spiro atoms. The van der Waals surface area contributed by atoms with Crippen LogP contribution in [0.4, 0.5) is 0 Å². The molecule has 0 aliphatic carbocycles. The third-order valence-electron chi connectivity index (χ3n) is 6.22. The Hall–Kier alpha value is -1.60. The van der Waals surface area contributed by atoms with E-state index in [1.807, 2.05) is 25.1 Å². The molecule has 0 saturated carbocycles. The van der Waals surface area contributed by atoms with Gasteiger partial charge in [-0.15, -0.1) is 12.4 Å². The molecule has 1 saturated heterocycles. The zero-order chi connectivity index (χ0) is 20.4. The first-order valence-electron chi connectivity index (χ1n) is 10.4. The van der Waals surface area contributed by atoms with Crippen molar-refractivity contribution in [3.8, 4) is 5.75 Å². The Labute approximate surface area is 186 Å². The Morgan fingerprint density at radius 3 is 2.57 bits per heavy atom. The van der Waals surface area contributed by atoms with Crippen LogP contribution in [0.15, 0.2) is 47.4 Å². The Bertz CT molecular complexity index is 957. The average Bonchev–Trinajstić information content (AvgIpc) is 2.74. The van der Waals surface area contributed by atoms with Crippen LogP contribution in [0.25, 0.3) is 0 Å². The molecule has 2 aromatic carbocycles. The number of nitrogens with zero attached hydrogens (tertiary/aromatic N) is 1. The van der Waals surface area contributed by atoms with Crippen LogP contribution in [-0.4, -0.2) is 45.4 Å². The third kappa shape index (κ3) is 4.67. The van der Waals surface area contributed by atoms with Crippen LogP contribution in [0.5, 0.6) is 5.75 Å². The molecule has 164 valence electrons. The van der Waals surface area contributed by atoms with E-state index >= 15 is 0 Å². The lowest BCUT2D eigenvalue weighted by Crippen LogP contribution is -2.52. The van der Waals surface area contributed by atoms with Gasteiger partial charge in [0.2, 0.25) is 0 Å². The maximum Gasteiger partial charge on any atom is 0.194 e. The predicted octanol–water partition coefficient (Wildman–Crippen LogP) is 3.58. The van der Waals surface area contributed by atoms with Crippen molar-refractivity contribution in [2.75, 3.05) is 26.7 Å². The fourth-order valence-corrected chi connectivity index (χ4v) is 6.74. The molecule has 30 heavy (non-hydrogen) atoms. The highest BCUT2D eigenvalue weighted by Crippen LogP contribution is 2.33. The van der Waals surface area contributed by atoms with E-state index < -0.39 is 15.2 Å². The number of hydrogen-bond acceptors (Lipinski definition) is 5. The Morgan fingerprint density at radius 2 is 1.90 bits per heavy atom. The van der Waals surface area contributed by atoms with E-state index in [0.717, 1.165) is 50.2 Å². The summed E-state index contributed by atoms with van der Waals surface area (Å²) in [4.78, 5) is 2.61. The Balaban J connectivity index is 0.00000256. The lowest BCUT2D eigenvalue weighted by molar-refractivity contribution is 0.162. The second kappa shape index (κ2) is 9.69. The zero-order valence-electron chi connectivity index (χ0n) is 17.6. The Morgan fingerprint density at radius 1 is 1.13 bits per heavy atom. The van der Waals surface area contributed by atoms with E-state index in [0.29, 0.717) is 11.4 Å². The van der Waals surface area contributed by atoms with Crippen LogP contribution in [0.2, 0.25) is 0 Å². The number of halogens is 1. The highest BCUT2D eigenvalue weighted by molar-refractivity contribution is 7.92. The fraction of sp³-hybridized carbons (Fsp3) is 0.478. The molecule has 2 aliphatic rings. The van der Waals surface area contributed by atoms with Crippen LogP contribution in [0, 0.1) is 12.8 Å². The molecule has 1 fully saturated rings. The molecule has 7 heteroatoms. The van der Waals surface area contributed by atoms with Gasteiger partial charge in [0.1, 0.15) is 11.1 Å². The third-order valence-corrected chi connectivity index (χ3v) is 8.47. The molecule has 5 nitrogen and oxygen atoms in total. The minimum Gasteiger partial charge on any atom is -0.497 e. The molecule has 1 N–H and O–H groups in total. The van der Waals surface area contributed by atoms with Gasteiger partial charge in [0.15, 0.2) is 9.84 Å². The monoisotopic (exact) mass is 450 g/mol. The lowest BCUT2D eigenvalue weighted by Gasteiger charge is -2.40.